The van der Waals surface area contributed by atoms with Crippen LogP contribution in [-0.2, 0) is 47.2 Å². The molecule has 0 saturated carbocycles. The zero-order valence-corrected chi connectivity index (χ0v) is 27.6. The molecule has 3 rings (SSSR count). The lowest BCUT2D eigenvalue weighted by Gasteiger charge is -2.27. The van der Waals surface area contributed by atoms with E-state index in [4.69, 9.17) is 37.9 Å². The minimum absolute atomic E-state index is 0.202. The summed E-state index contributed by atoms with van der Waals surface area (Å²) in [5, 5.41) is 0. The van der Waals surface area contributed by atoms with Crippen LogP contribution in [0.4, 0.5) is 0 Å². The van der Waals surface area contributed by atoms with Crippen LogP contribution in [0.25, 0.3) is 0 Å². The predicted octanol–water partition coefficient (Wildman–Crippen LogP) is 6.32. The van der Waals surface area contributed by atoms with E-state index in [1.165, 1.54) is 0 Å². The third-order valence-electron chi connectivity index (χ3n) is 7.37. The summed E-state index contributed by atoms with van der Waals surface area (Å²) in [6.07, 6.45) is 4.71. The monoisotopic (exact) mass is 630 g/mol. The van der Waals surface area contributed by atoms with Crippen molar-refractivity contribution in [1.82, 2.24) is 0 Å². The molecular formula is C35H50O10. The maximum Gasteiger partial charge on any atom is 0.306 e. The van der Waals surface area contributed by atoms with Gasteiger partial charge >= 0.3 is 11.9 Å². The molecule has 250 valence electrons. The highest BCUT2D eigenvalue weighted by Gasteiger charge is 2.37. The molecule has 1 aliphatic rings. The second kappa shape index (κ2) is 19.1. The third-order valence-corrected chi connectivity index (χ3v) is 7.37. The second-order valence-electron chi connectivity index (χ2n) is 10.7. The molecule has 2 aromatic carbocycles. The van der Waals surface area contributed by atoms with Crippen molar-refractivity contribution in [3.05, 3.63) is 47.0 Å². The van der Waals surface area contributed by atoms with Crippen LogP contribution in [0.1, 0.15) is 82.9 Å². The van der Waals surface area contributed by atoms with Crippen molar-refractivity contribution >= 4 is 11.9 Å². The Kier molecular flexibility index (Phi) is 15.3. The van der Waals surface area contributed by atoms with Crippen molar-refractivity contribution in [2.45, 2.75) is 84.8 Å². The number of carbonyl (C=O) groups excluding carboxylic acids is 2. The number of esters is 2. The quantitative estimate of drug-likeness (QED) is 0.115. The summed E-state index contributed by atoms with van der Waals surface area (Å²) < 4.78 is 46.2. The van der Waals surface area contributed by atoms with E-state index in [1.54, 1.807) is 21.0 Å². The Morgan fingerprint density at radius 2 is 1.31 bits per heavy atom. The average Bonchev–Trinajstić information content (AvgIpc) is 3.48. The van der Waals surface area contributed by atoms with Gasteiger partial charge in [0.15, 0.2) is 5.79 Å². The van der Waals surface area contributed by atoms with Gasteiger partial charge in [-0.3, -0.25) is 9.59 Å². The highest BCUT2D eigenvalue weighted by atomic mass is 16.7. The molecule has 0 aliphatic carbocycles. The van der Waals surface area contributed by atoms with E-state index in [0.29, 0.717) is 89.9 Å². The Morgan fingerprint density at radius 1 is 0.733 bits per heavy atom. The lowest BCUT2D eigenvalue weighted by Crippen LogP contribution is -2.24. The van der Waals surface area contributed by atoms with Crippen molar-refractivity contribution in [2.24, 2.45) is 0 Å². The number of hydrogen-bond acceptors (Lipinski definition) is 10. The van der Waals surface area contributed by atoms with Gasteiger partial charge in [0.1, 0.15) is 23.0 Å². The summed E-state index contributed by atoms with van der Waals surface area (Å²) in [7, 11) is 1.66. The Balaban J connectivity index is 1.61. The van der Waals surface area contributed by atoms with Gasteiger partial charge in [-0.15, -0.1) is 0 Å². The Hall–Kier alpha value is -3.50. The molecule has 0 amide bonds. The summed E-state index contributed by atoms with van der Waals surface area (Å²) in [5.74, 6) is 1.51. The Bertz CT molecular complexity index is 1210. The number of hydrogen-bond donors (Lipinski definition) is 0. The van der Waals surface area contributed by atoms with Gasteiger partial charge in [0.25, 0.3) is 0 Å². The molecule has 0 bridgehead atoms. The van der Waals surface area contributed by atoms with Crippen LogP contribution in [-0.4, -0.2) is 65.3 Å². The first kappa shape index (κ1) is 36.0. The van der Waals surface area contributed by atoms with Crippen LogP contribution in [0.2, 0.25) is 0 Å². The normalized spacial score (nSPS) is 13.7. The summed E-state index contributed by atoms with van der Waals surface area (Å²) in [6, 6.07) is 9.53. The van der Waals surface area contributed by atoms with E-state index in [2.05, 4.69) is 6.92 Å². The maximum atomic E-state index is 12.1. The molecule has 1 aliphatic heterocycles. The fraction of sp³-hybridized carbons (Fsp3) is 0.600. The van der Waals surface area contributed by atoms with Crippen LogP contribution in [0.3, 0.4) is 0 Å². The molecule has 0 atom stereocenters. The van der Waals surface area contributed by atoms with Crippen LogP contribution in [0, 0.1) is 0 Å². The van der Waals surface area contributed by atoms with E-state index in [-0.39, 0.29) is 18.4 Å². The van der Waals surface area contributed by atoms with Gasteiger partial charge in [-0.05, 0) is 70.7 Å². The molecule has 1 heterocycles. The molecular weight excluding hydrogens is 580 g/mol. The lowest BCUT2D eigenvalue weighted by molar-refractivity contribution is -0.150. The predicted molar refractivity (Wildman–Crippen MR) is 169 cm³/mol. The number of rotatable bonds is 21. The molecule has 1 fully saturated rings. The molecule has 45 heavy (non-hydrogen) atoms. The minimum Gasteiger partial charge on any atom is -0.496 e. The Labute approximate surface area is 267 Å². The largest absolute Gasteiger partial charge is 0.496 e. The number of unbranched alkanes of at least 4 members (excludes halogenated alkanes) is 1. The van der Waals surface area contributed by atoms with E-state index >= 15 is 0 Å². The first-order valence-electron chi connectivity index (χ1n) is 16.2. The van der Waals surface area contributed by atoms with E-state index in [9.17, 15) is 9.59 Å². The average molecular weight is 631 g/mol. The van der Waals surface area contributed by atoms with Crippen LogP contribution >= 0.6 is 0 Å². The van der Waals surface area contributed by atoms with Gasteiger partial charge in [0.2, 0.25) is 0 Å². The molecule has 0 aromatic heterocycles. The van der Waals surface area contributed by atoms with Crippen molar-refractivity contribution in [3.8, 4) is 23.0 Å². The first-order chi connectivity index (χ1) is 21.9. The van der Waals surface area contributed by atoms with Crippen molar-refractivity contribution in [1.29, 1.82) is 0 Å². The van der Waals surface area contributed by atoms with Crippen LogP contribution in [0.5, 0.6) is 23.0 Å². The molecule has 0 spiro atoms. The lowest BCUT2D eigenvalue weighted by atomic mass is 9.98. The molecule has 2 aromatic rings. The van der Waals surface area contributed by atoms with Gasteiger partial charge in [-0.1, -0.05) is 19.4 Å². The van der Waals surface area contributed by atoms with Gasteiger partial charge in [0.05, 0.1) is 58.9 Å². The summed E-state index contributed by atoms with van der Waals surface area (Å²) in [5.41, 5.74) is 2.66. The summed E-state index contributed by atoms with van der Waals surface area (Å²) >= 11 is 0. The van der Waals surface area contributed by atoms with E-state index in [1.807, 2.05) is 37.3 Å². The first-order valence-corrected chi connectivity index (χ1v) is 16.2. The molecule has 0 radical (unpaired) electrons. The molecule has 0 N–H and O–H groups in total. The number of carbonyl (C=O) groups is 2. The summed E-state index contributed by atoms with van der Waals surface area (Å²) in [6.45, 7) is 10.7. The Morgan fingerprint density at radius 3 is 1.89 bits per heavy atom. The van der Waals surface area contributed by atoms with Gasteiger partial charge in [0, 0.05) is 30.4 Å². The van der Waals surface area contributed by atoms with E-state index < -0.39 is 5.79 Å². The second-order valence-corrected chi connectivity index (χ2v) is 10.7. The molecule has 1 saturated heterocycles. The fourth-order valence-electron chi connectivity index (χ4n) is 5.22. The van der Waals surface area contributed by atoms with Gasteiger partial charge < -0.3 is 37.9 Å². The van der Waals surface area contributed by atoms with Crippen LogP contribution < -0.4 is 18.9 Å². The molecule has 10 heteroatoms. The molecule has 0 unspecified atom stereocenters. The zero-order chi connectivity index (χ0) is 32.5. The summed E-state index contributed by atoms with van der Waals surface area (Å²) in [4.78, 5) is 23.7. The molecule has 10 nitrogen and oxygen atoms in total. The maximum absolute atomic E-state index is 12.1. The van der Waals surface area contributed by atoms with Crippen molar-refractivity contribution in [3.63, 3.8) is 0 Å². The van der Waals surface area contributed by atoms with Gasteiger partial charge in [-0.2, -0.15) is 0 Å². The number of benzene rings is 2. The fourth-order valence-corrected chi connectivity index (χ4v) is 5.22. The minimum atomic E-state index is -0.841. The topological polar surface area (TPSA) is 108 Å². The third kappa shape index (κ3) is 10.8. The smallest absolute Gasteiger partial charge is 0.306 e. The highest BCUT2D eigenvalue weighted by molar-refractivity contribution is 5.70. The van der Waals surface area contributed by atoms with E-state index in [0.717, 1.165) is 41.0 Å². The van der Waals surface area contributed by atoms with Crippen LogP contribution in [0.15, 0.2) is 30.3 Å². The SMILES string of the molecule is CCCc1c(OCCCOc2cccc(OCCCCC(=O)OCC)c2CCC(=O)OCC)ccc(C2(C)OCCO2)c1OC. The van der Waals surface area contributed by atoms with Gasteiger partial charge in [-0.25, -0.2) is 0 Å². The standard InChI is InChI=1S/C35H50O10/c1-6-13-27-31(19-18-28(34(27)38-5)35(4)44-24-25-45-35)43-23-12-22-42-30-15-11-14-29(26(30)17-20-33(37)40-8-3)41-21-10-9-16-32(36)39-7-2/h11,14-15,18-19H,6-10,12-13,16-17,20-25H2,1-5H3. The van der Waals surface area contributed by atoms with Crippen molar-refractivity contribution in [2.75, 3.05) is 53.4 Å². The highest BCUT2D eigenvalue weighted by Crippen LogP contribution is 2.42. The number of methoxy groups -OCH3 is 1. The number of ether oxygens (including phenoxy) is 8. The van der Waals surface area contributed by atoms with Crippen molar-refractivity contribution < 1.29 is 47.5 Å². The zero-order valence-electron chi connectivity index (χ0n) is 27.6.